The van der Waals surface area contributed by atoms with E-state index in [0.29, 0.717) is 6.04 Å². The van der Waals surface area contributed by atoms with Crippen LogP contribution in [0.25, 0.3) is 21.8 Å². The molecule has 2 aromatic carbocycles. The maximum Gasteiger partial charge on any atom is 0.0494 e. The minimum absolute atomic E-state index is 0.695. The molecule has 0 aliphatic heterocycles. The molecule has 112 valence electrons. The molecular formula is C21H23N. The summed E-state index contributed by atoms with van der Waals surface area (Å²) in [4.78, 5) is 0. The van der Waals surface area contributed by atoms with Crippen molar-refractivity contribution in [3.05, 3.63) is 48.5 Å². The van der Waals surface area contributed by atoms with Crippen molar-refractivity contribution in [2.75, 3.05) is 0 Å². The highest BCUT2D eigenvalue weighted by atomic mass is 15.0. The number of fused-ring (bicyclic) bond motifs is 5. The zero-order valence-electron chi connectivity index (χ0n) is 13.4. The normalized spacial score (nSPS) is 34.0. The van der Waals surface area contributed by atoms with E-state index >= 15 is 0 Å². The Morgan fingerprint density at radius 3 is 1.91 bits per heavy atom. The van der Waals surface area contributed by atoms with E-state index in [4.69, 9.17) is 0 Å². The van der Waals surface area contributed by atoms with Crippen molar-refractivity contribution in [2.45, 2.75) is 32.7 Å². The lowest BCUT2D eigenvalue weighted by Gasteiger charge is -2.33. The van der Waals surface area contributed by atoms with Gasteiger partial charge >= 0.3 is 0 Å². The molecule has 5 atom stereocenters. The average Bonchev–Trinajstić information content (AvgIpc) is 3.19. The summed E-state index contributed by atoms with van der Waals surface area (Å²) in [6.07, 6.45) is 2.81. The van der Waals surface area contributed by atoms with E-state index in [-0.39, 0.29) is 0 Å². The van der Waals surface area contributed by atoms with E-state index in [0.717, 1.165) is 23.7 Å². The second-order valence-electron chi connectivity index (χ2n) is 7.59. The third-order valence-corrected chi connectivity index (χ3v) is 6.81. The van der Waals surface area contributed by atoms with Gasteiger partial charge in [-0.25, -0.2) is 0 Å². The van der Waals surface area contributed by atoms with Crippen molar-refractivity contribution in [3.8, 4) is 0 Å². The standard InChI is InChI=1S/C21H23N/c1-13-14(2)18-11-15(13)12-21(18)22-19-9-5-3-7-16(19)17-8-4-6-10-20(17)22/h3-10,13-15,18,21H,11-12H2,1-2H3/t13?,14?,15-,18-,21?/m0/s1. The quantitative estimate of drug-likeness (QED) is 0.545. The first-order chi connectivity index (χ1) is 10.8. The molecule has 5 rings (SSSR count). The van der Waals surface area contributed by atoms with Gasteiger partial charge in [-0.3, -0.25) is 0 Å². The van der Waals surface area contributed by atoms with Crippen LogP contribution in [-0.4, -0.2) is 4.57 Å². The van der Waals surface area contributed by atoms with E-state index in [9.17, 15) is 0 Å². The minimum Gasteiger partial charge on any atom is -0.337 e. The fourth-order valence-electron chi connectivity index (χ4n) is 5.51. The molecule has 2 aliphatic rings. The lowest BCUT2D eigenvalue weighted by molar-refractivity contribution is 0.198. The van der Waals surface area contributed by atoms with Crippen LogP contribution in [0.4, 0.5) is 0 Å². The molecule has 1 nitrogen and oxygen atoms in total. The molecule has 0 radical (unpaired) electrons. The second kappa shape index (κ2) is 4.38. The first kappa shape index (κ1) is 12.8. The van der Waals surface area contributed by atoms with E-state index in [1.54, 1.807) is 0 Å². The Kier molecular flexibility index (Phi) is 2.54. The summed E-state index contributed by atoms with van der Waals surface area (Å²) < 4.78 is 2.68. The van der Waals surface area contributed by atoms with Crippen molar-refractivity contribution in [2.24, 2.45) is 23.7 Å². The van der Waals surface area contributed by atoms with Crippen LogP contribution in [0.15, 0.2) is 48.5 Å². The molecule has 1 heterocycles. The lowest BCUT2D eigenvalue weighted by atomic mass is 9.79. The predicted molar refractivity (Wildman–Crippen MR) is 93.0 cm³/mol. The summed E-state index contributed by atoms with van der Waals surface area (Å²) in [5.74, 6) is 3.57. The first-order valence-corrected chi connectivity index (χ1v) is 8.73. The van der Waals surface area contributed by atoms with Crippen LogP contribution in [0.2, 0.25) is 0 Å². The molecule has 0 spiro atoms. The lowest BCUT2D eigenvalue weighted by Crippen LogP contribution is -2.26. The number of para-hydroxylation sites is 2. The summed E-state index contributed by atoms with van der Waals surface area (Å²) >= 11 is 0. The number of nitrogens with zero attached hydrogens (tertiary/aromatic N) is 1. The van der Waals surface area contributed by atoms with Crippen LogP contribution in [0.5, 0.6) is 0 Å². The average molecular weight is 289 g/mol. The van der Waals surface area contributed by atoms with Crippen LogP contribution >= 0.6 is 0 Å². The molecule has 2 bridgehead atoms. The van der Waals surface area contributed by atoms with Gasteiger partial charge in [0.1, 0.15) is 0 Å². The Balaban J connectivity index is 1.77. The molecule has 1 heteroatoms. The minimum atomic E-state index is 0.695. The fourth-order valence-corrected chi connectivity index (χ4v) is 5.51. The maximum atomic E-state index is 2.68. The van der Waals surface area contributed by atoms with Crippen molar-refractivity contribution < 1.29 is 0 Å². The maximum absolute atomic E-state index is 2.68. The van der Waals surface area contributed by atoms with Crippen LogP contribution in [0, 0.1) is 23.7 Å². The van der Waals surface area contributed by atoms with Gasteiger partial charge in [0.2, 0.25) is 0 Å². The largest absolute Gasteiger partial charge is 0.337 e. The number of hydrogen-bond donors (Lipinski definition) is 0. The summed E-state index contributed by atoms with van der Waals surface area (Å²) in [5, 5.41) is 2.84. The van der Waals surface area contributed by atoms with Crippen LogP contribution in [0.1, 0.15) is 32.7 Å². The Morgan fingerprint density at radius 2 is 1.36 bits per heavy atom. The summed E-state index contributed by atoms with van der Waals surface area (Å²) in [6.45, 7) is 4.95. The molecule has 3 aromatic rings. The highest BCUT2D eigenvalue weighted by Crippen LogP contribution is 2.58. The SMILES string of the molecule is CC1C(C)[C@@H]2C[C@H]1CC2n1c2ccccc2c2ccccc21. The Labute approximate surface area is 131 Å². The molecule has 0 amide bonds. The van der Waals surface area contributed by atoms with Gasteiger partial charge in [0.05, 0.1) is 0 Å². The molecule has 1 aromatic heterocycles. The Morgan fingerprint density at radius 1 is 0.773 bits per heavy atom. The highest BCUT2D eigenvalue weighted by molar-refractivity contribution is 6.08. The van der Waals surface area contributed by atoms with Gasteiger partial charge in [0.25, 0.3) is 0 Å². The number of benzene rings is 2. The number of rotatable bonds is 1. The van der Waals surface area contributed by atoms with Crippen molar-refractivity contribution in [1.82, 2.24) is 4.57 Å². The zero-order valence-corrected chi connectivity index (χ0v) is 13.4. The van der Waals surface area contributed by atoms with Gasteiger partial charge in [0, 0.05) is 27.8 Å². The van der Waals surface area contributed by atoms with Gasteiger partial charge in [-0.2, -0.15) is 0 Å². The van der Waals surface area contributed by atoms with Gasteiger partial charge < -0.3 is 4.57 Å². The van der Waals surface area contributed by atoms with Crippen LogP contribution in [0.3, 0.4) is 0 Å². The second-order valence-corrected chi connectivity index (χ2v) is 7.59. The summed E-state index contributed by atoms with van der Waals surface area (Å²) in [5.41, 5.74) is 2.86. The van der Waals surface area contributed by atoms with Gasteiger partial charge in [-0.05, 0) is 48.6 Å². The predicted octanol–water partition coefficient (Wildman–Crippen LogP) is 5.65. The Bertz CT molecular complexity index is 803. The van der Waals surface area contributed by atoms with Gasteiger partial charge in [0.15, 0.2) is 0 Å². The molecule has 0 saturated heterocycles. The van der Waals surface area contributed by atoms with E-state index < -0.39 is 0 Å². The fraction of sp³-hybridized carbons (Fsp3) is 0.429. The molecule has 0 N–H and O–H groups in total. The van der Waals surface area contributed by atoms with E-state index in [2.05, 4.69) is 66.9 Å². The van der Waals surface area contributed by atoms with Gasteiger partial charge in [-0.15, -0.1) is 0 Å². The molecule has 2 saturated carbocycles. The third-order valence-electron chi connectivity index (χ3n) is 6.81. The number of hydrogen-bond acceptors (Lipinski definition) is 0. The first-order valence-electron chi connectivity index (χ1n) is 8.73. The zero-order chi connectivity index (χ0) is 14.8. The molecular weight excluding hydrogens is 266 g/mol. The third kappa shape index (κ3) is 1.49. The van der Waals surface area contributed by atoms with Gasteiger partial charge in [-0.1, -0.05) is 50.2 Å². The highest BCUT2D eigenvalue weighted by Gasteiger charge is 2.49. The van der Waals surface area contributed by atoms with Crippen LogP contribution in [-0.2, 0) is 0 Å². The molecule has 2 fully saturated rings. The van der Waals surface area contributed by atoms with Crippen molar-refractivity contribution >= 4 is 21.8 Å². The van der Waals surface area contributed by atoms with E-state index in [1.165, 1.54) is 34.6 Å². The molecule has 22 heavy (non-hydrogen) atoms. The molecule has 2 aliphatic carbocycles. The van der Waals surface area contributed by atoms with Crippen molar-refractivity contribution in [1.29, 1.82) is 0 Å². The number of aromatic nitrogens is 1. The topological polar surface area (TPSA) is 4.93 Å². The van der Waals surface area contributed by atoms with Crippen LogP contribution < -0.4 is 0 Å². The molecule has 3 unspecified atom stereocenters. The Hall–Kier alpha value is -1.76. The summed E-state index contributed by atoms with van der Waals surface area (Å²) in [7, 11) is 0. The van der Waals surface area contributed by atoms with Crippen molar-refractivity contribution in [3.63, 3.8) is 0 Å². The summed E-state index contributed by atoms with van der Waals surface area (Å²) in [6, 6.07) is 18.6. The monoisotopic (exact) mass is 289 g/mol. The smallest absolute Gasteiger partial charge is 0.0494 e. The van der Waals surface area contributed by atoms with E-state index in [1.807, 2.05) is 0 Å².